The molecule has 2 aromatic rings. The quantitative estimate of drug-likeness (QED) is 0.584. The number of aryl methyl sites for hydroxylation is 2. The molecule has 186 valence electrons. The van der Waals surface area contributed by atoms with Gasteiger partial charge in [-0.3, -0.25) is 9.80 Å². The number of hydrogen-bond donors (Lipinski definition) is 1. The van der Waals surface area contributed by atoms with Crippen LogP contribution in [-0.2, 0) is 4.79 Å². The fourth-order valence-electron chi connectivity index (χ4n) is 4.77. The lowest BCUT2D eigenvalue weighted by Gasteiger charge is -2.35. The van der Waals surface area contributed by atoms with Crippen LogP contribution in [0.15, 0.2) is 59.7 Å². The molecule has 35 heavy (non-hydrogen) atoms. The van der Waals surface area contributed by atoms with Gasteiger partial charge in [0.25, 0.3) is 0 Å². The number of anilines is 2. The summed E-state index contributed by atoms with van der Waals surface area (Å²) in [7, 11) is 0. The van der Waals surface area contributed by atoms with Crippen LogP contribution in [0.1, 0.15) is 30.4 Å². The van der Waals surface area contributed by atoms with Gasteiger partial charge in [-0.05, 0) is 49.2 Å². The summed E-state index contributed by atoms with van der Waals surface area (Å²) in [5, 5.41) is 13.9. The fourth-order valence-corrected chi connectivity index (χ4v) is 4.77. The molecule has 0 amide bonds. The van der Waals surface area contributed by atoms with E-state index < -0.39 is 30.3 Å². The van der Waals surface area contributed by atoms with Gasteiger partial charge in [0, 0.05) is 37.2 Å². The lowest BCUT2D eigenvalue weighted by molar-refractivity contribution is -0.137. The van der Waals surface area contributed by atoms with Gasteiger partial charge < -0.3 is 14.7 Å². The van der Waals surface area contributed by atoms with Gasteiger partial charge in [0.1, 0.15) is 11.9 Å². The van der Waals surface area contributed by atoms with Crippen LogP contribution >= 0.6 is 0 Å². The second-order valence-electron chi connectivity index (χ2n) is 8.97. The predicted octanol–water partition coefficient (Wildman–Crippen LogP) is 5.49. The van der Waals surface area contributed by atoms with Crippen molar-refractivity contribution in [2.75, 3.05) is 23.0 Å². The molecule has 2 aromatic carbocycles. The molecular formula is C26H28F3N3O3. The topological polar surface area (TPSA) is 65.4 Å². The van der Waals surface area contributed by atoms with Crippen molar-refractivity contribution in [3.63, 3.8) is 0 Å². The summed E-state index contributed by atoms with van der Waals surface area (Å²) < 4.78 is 46.1. The molecule has 6 nitrogen and oxygen atoms in total. The number of nitrogens with zero attached hydrogens (tertiary/aromatic N) is 3. The third-order valence-corrected chi connectivity index (χ3v) is 6.45. The average Bonchev–Trinajstić information content (AvgIpc) is 3.11. The Morgan fingerprint density at radius 3 is 2.26 bits per heavy atom. The highest BCUT2D eigenvalue weighted by Gasteiger charge is 2.46. The number of benzene rings is 2. The van der Waals surface area contributed by atoms with E-state index in [0.717, 1.165) is 30.9 Å². The number of hydrogen-bond acceptors (Lipinski definition) is 5. The largest absolute Gasteiger partial charge is 0.490 e. The molecule has 2 heterocycles. The molecule has 1 N–H and O–H groups in total. The van der Waals surface area contributed by atoms with Gasteiger partial charge in [-0.15, -0.1) is 0 Å². The molecular weight excluding hydrogens is 459 g/mol. The first-order valence-electron chi connectivity index (χ1n) is 11.5. The third kappa shape index (κ3) is 5.28. The molecule has 2 aliphatic rings. The Balaban J connectivity index is 1.42. The number of ether oxygens (including phenoxy) is 1. The Morgan fingerprint density at radius 1 is 1.11 bits per heavy atom. The molecule has 4 rings (SSSR count). The number of carboxylic acids is 1. The number of carbonyl (C=O) groups is 1. The van der Waals surface area contributed by atoms with E-state index in [-0.39, 0.29) is 11.7 Å². The number of para-hydroxylation sites is 1. The molecule has 9 heteroatoms. The number of halogens is 3. The minimum atomic E-state index is -4.71. The summed E-state index contributed by atoms with van der Waals surface area (Å²) in [4.78, 5) is 13.6. The first kappa shape index (κ1) is 24.6. The molecule has 2 aliphatic heterocycles. The van der Waals surface area contributed by atoms with Crippen molar-refractivity contribution in [2.24, 2.45) is 5.10 Å². The van der Waals surface area contributed by atoms with Crippen LogP contribution in [0.25, 0.3) is 0 Å². The van der Waals surface area contributed by atoms with Crippen molar-refractivity contribution in [1.82, 2.24) is 0 Å². The summed E-state index contributed by atoms with van der Waals surface area (Å²) in [6.07, 6.45) is -3.53. The number of aliphatic carboxylic acids is 1. The van der Waals surface area contributed by atoms with Crippen molar-refractivity contribution < 1.29 is 27.8 Å². The second-order valence-corrected chi connectivity index (χ2v) is 8.97. The molecule has 0 aliphatic carbocycles. The summed E-state index contributed by atoms with van der Waals surface area (Å²) in [5.41, 5.74) is 2.62. The lowest BCUT2D eigenvalue weighted by atomic mass is 10.0. The zero-order valence-corrected chi connectivity index (χ0v) is 19.7. The molecule has 0 radical (unpaired) electrons. The van der Waals surface area contributed by atoms with E-state index in [4.69, 9.17) is 4.74 Å². The molecule has 0 unspecified atom stereocenters. The van der Waals surface area contributed by atoms with E-state index in [0.29, 0.717) is 11.4 Å². The van der Waals surface area contributed by atoms with Crippen LogP contribution in [0.4, 0.5) is 24.5 Å². The minimum Gasteiger partial charge on any atom is -0.490 e. The van der Waals surface area contributed by atoms with Crippen LogP contribution in [-0.4, -0.2) is 48.2 Å². The van der Waals surface area contributed by atoms with Crippen molar-refractivity contribution in [3.05, 3.63) is 65.7 Å². The van der Waals surface area contributed by atoms with Crippen LogP contribution in [0.3, 0.4) is 0 Å². The maximum atomic E-state index is 13.3. The summed E-state index contributed by atoms with van der Waals surface area (Å²) in [6.45, 7) is 9.44. The number of rotatable bonds is 6. The highest BCUT2D eigenvalue weighted by Crippen LogP contribution is 2.36. The molecule has 1 saturated heterocycles. The van der Waals surface area contributed by atoms with E-state index in [2.05, 4.69) is 48.6 Å². The minimum absolute atomic E-state index is 0.0302. The molecule has 1 fully saturated rings. The Hall–Kier alpha value is -3.49. The van der Waals surface area contributed by atoms with Crippen molar-refractivity contribution in [3.8, 4) is 5.75 Å². The standard InChI is InChI=1S/C26H28F3N3O3/c1-16-5-4-6-17(2)24(16)31-13-11-21(12-14-31)35-20-9-7-19(8-10-20)32-22(15-23(33)34)18(3)25(30-32)26(27,28)29/h4-10,21-22H,3,11-15H2,1-2H3,(H,33,34)/t22-/m0/s1. The second kappa shape index (κ2) is 9.64. The van der Waals surface area contributed by atoms with Crippen LogP contribution in [0.2, 0.25) is 0 Å². The smallest absolute Gasteiger partial charge is 0.435 e. The van der Waals surface area contributed by atoms with E-state index in [1.807, 2.05) is 0 Å². The molecule has 1 atom stereocenters. The number of piperidine rings is 1. The van der Waals surface area contributed by atoms with E-state index in [9.17, 15) is 23.1 Å². The highest BCUT2D eigenvalue weighted by atomic mass is 19.4. The molecule has 0 saturated carbocycles. The maximum absolute atomic E-state index is 13.3. The SMILES string of the molecule is C=C1C(C(F)(F)F)=NN(c2ccc(OC3CCN(c4c(C)cccc4C)CC3)cc2)[C@H]1CC(=O)O. The Bertz CT molecular complexity index is 1120. The third-order valence-electron chi connectivity index (χ3n) is 6.45. The number of hydrazone groups is 1. The number of carboxylic acid groups (broad SMARTS) is 1. The zero-order chi connectivity index (χ0) is 25.3. The zero-order valence-electron chi connectivity index (χ0n) is 19.7. The summed E-state index contributed by atoms with van der Waals surface area (Å²) in [6, 6.07) is 11.7. The van der Waals surface area contributed by atoms with Gasteiger partial charge in [-0.25, -0.2) is 0 Å². The van der Waals surface area contributed by atoms with Crippen LogP contribution in [0.5, 0.6) is 5.75 Å². The van der Waals surface area contributed by atoms with Crippen molar-refractivity contribution in [2.45, 2.75) is 51.4 Å². The van der Waals surface area contributed by atoms with E-state index in [1.54, 1.807) is 24.3 Å². The van der Waals surface area contributed by atoms with Crippen molar-refractivity contribution in [1.29, 1.82) is 0 Å². The summed E-state index contributed by atoms with van der Waals surface area (Å²) >= 11 is 0. The molecule has 0 bridgehead atoms. The van der Waals surface area contributed by atoms with Crippen LogP contribution in [0, 0.1) is 13.8 Å². The first-order chi connectivity index (χ1) is 16.5. The Morgan fingerprint density at radius 2 is 1.71 bits per heavy atom. The first-order valence-corrected chi connectivity index (χ1v) is 11.5. The summed E-state index contributed by atoms with van der Waals surface area (Å²) in [5.74, 6) is -0.626. The molecule has 0 aromatic heterocycles. The fraction of sp³-hybridized carbons (Fsp3) is 0.385. The van der Waals surface area contributed by atoms with Gasteiger partial charge in [0.2, 0.25) is 0 Å². The highest BCUT2D eigenvalue weighted by molar-refractivity contribution is 6.08. The predicted molar refractivity (Wildman–Crippen MR) is 129 cm³/mol. The van der Waals surface area contributed by atoms with Crippen LogP contribution < -0.4 is 14.6 Å². The Labute approximate surface area is 202 Å². The van der Waals surface area contributed by atoms with Gasteiger partial charge in [-0.1, -0.05) is 24.8 Å². The van der Waals surface area contributed by atoms with Gasteiger partial charge >= 0.3 is 12.1 Å². The number of alkyl halides is 3. The Kier molecular flexibility index (Phi) is 6.78. The monoisotopic (exact) mass is 487 g/mol. The maximum Gasteiger partial charge on any atom is 0.435 e. The van der Waals surface area contributed by atoms with Crippen molar-refractivity contribution >= 4 is 23.1 Å². The van der Waals surface area contributed by atoms with E-state index >= 15 is 0 Å². The van der Waals surface area contributed by atoms with Gasteiger partial charge in [-0.2, -0.15) is 18.3 Å². The van der Waals surface area contributed by atoms with Gasteiger partial charge in [0.15, 0.2) is 5.71 Å². The normalized spacial score (nSPS) is 19.2. The van der Waals surface area contributed by atoms with E-state index in [1.165, 1.54) is 16.8 Å². The van der Waals surface area contributed by atoms with Gasteiger partial charge in [0.05, 0.1) is 18.2 Å². The average molecular weight is 488 g/mol. The lowest BCUT2D eigenvalue weighted by Crippen LogP contribution is -2.39. The molecule has 0 spiro atoms.